The molecule has 3 aromatic rings. The molecule has 0 fully saturated rings. The summed E-state index contributed by atoms with van der Waals surface area (Å²) < 4.78 is 0. The quantitative estimate of drug-likeness (QED) is 0.773. The molecule has 0 unspecified atom stereocenters. The first-order valence-corrected chi connectivity index (χ1v) is 8.00. The van der Waals surface area contributed by atoms with Gasteiger partial charge in [0.1, 0.15) is 10.6 Å². The Kier molecular flexibility index (Phi) is 3.24. The van der Waals surface area contributed by atoms with E-state index in [0.29, 0.717) is 0 Å². The topological polar surface area (TPSA) is 37.8 Å². The van der Waals surface area contributed by atoms with Crippen molar-refractivity contribution in [3.8, 4) is 11.4 Å². The monoisotopic (exact) mass is 289 g/mol. The number of thiophene rings is 2. The Morgan fingerprint density at radius 1 is 1.26 bits per heavy atom. The normalized spacial score (nSPS) is 11.1. The summed E-state index contributed by atoms with van der Waals surface area (Å²) in [6.07, 6.45) is 0. The Balaban J connectivity index is 2.27. The summed E-state index contributed by atoms with van der Waals surface area (Å²) in [6, 6.07) is 2.06. The lowest BCUT2D eigenvalue weighted by Crippen LogP contribution is -2.02. The van der Waals surface area contributed by atoms with Crippen LogP contribution in [0.15, 0.2) is 16.8 Å². The molecule has 3 rings (SSSR count). The van der Waals surface area contributed by atoms with Crippen molar-refractivity contribution in [2.24, 2.45) is 0 Å². The van der Waals surface area contributed by atoms with E-state index in [0.717, 1.165) is 28.6 Å². The van der Waals surface area contributed by atoms with E-state index < -0.39 is 0 Å². The molecule has 19 heavy (non-hydrogen) atoms. The summed E-state index contributed by atoms with van der Waals surface area (Å²) in [5, 5.41) is 8.68. The van der Waals surface area contributed by atoms with Crippen LogP contribution in [0.25, 0.3) is 21.6 Å². The molecule has 3 nitrogen and oxygen atoms in total. The van der Waals surface area contributed by atoms with Crippen LogP contribution >= 0.6 is 22.7 Å². The predicted octanol–water partition coefficient (Wildman–Crippen LogP) is 4.47. The summed E-state index contributed by atoms with van der Waals surface area (Å²) in [4.78, 5) is 11.8. The molecule has 0 bridgehead atoms. The van der Waals surface area contributed by atoms with Crippen molar-refractivity contribution in [3.05, 3.63) is 27.3 Å². The Labute approximate surface area is 120 Å². The van der Waals surface area contributed by atoms with Crippen LogP contribution in [-0.2, 0) is 0 Å². The van der Waals surface area contributed by atoms with Crippen LogP contribution in [-0.4, -0.2) is 16.5 Å². The number of aryl methyl sites for hydroxylation is 2. The molecule has 0 saturated carbocycles. The zero-order valence-electron chi connectivity index (χ0n) is 11.2. The molecule has 0 atom stereocenters. The van der Waals surface area contributed by atoms with Crippen LogP contribution in [0.2, 0.25) is 0 Å². The molecule has 0 spiro atoms. The van der Waals surface area contributed by atoms with Gasteiger partial charge in [-0.2, -0.15) is 11.3 Å². The minimum atomic E-state index is 0.811. The van der Waals surface area contributed by atoms with Gasteiger partial charge in [-0.1, -0.05) is 0 Å². The smallest absolute Gasteiger partial charge is 0.163 e. The van der Waals surface area contributed by atoms with Crippen molar-refractivity contribution in [1.82, 2.24) is 9.97 Å². The lowest BCUT2D eigenvalue weighted by molar-refractivity contribution is 1.15. The molecule has 0 aromatic carbocycles. The van der Waals surface area contributed by atoms with E-state index >= 15 is 0 Å². The van der Waals surface area contributed by atoms with Gasteiger partial charge in [0.05, 0.1) is 5.39 Å². The SMILES string of the molecule is CCNc1nc(-c2ccsc2)nc2sc(C)c(C)c12. The van der Waals surface area contributed by atoms with Crippen LogP contribution in [0.3, 0.4) is 0 Å². The minimum Gasteiger partial charge on any atom is -0.370 e. The summed E-state index contributed by atoms with van der Waals surface area (Å²) in [6.45, 7) is 7.24. The standard InChI is InChI=1S/C14H15N3S2/c1-4-15-13-11-8(2)9(3)19-14(11)17-12(16-13)10-5-6-18-7-10/h5-7H,4H2,1-3H3,(H,15,16,17). The van der Waals surface area contributed by atoms with Crippen molar-refractivity contribution in [2.45, 2.75) is 20.8 Å². The highest BCUT2D eigenvalue weighted by Crippen LogP contribution is 2.35. The zero-order chi connectivity index (χ0) is 13.4. The second-order valence-corrected chi connectivity index (χ2v) is 6.38. The fourth-order valence-electron chi connectivity index (χ4n) is 2.07. The zero-order valence-corrected chi connectivity index (χ0v) is 12.8. The maximum atomic E-state index is 4.72. The average molecular weight is 289 g/mol. The molecule has 0 aliphatic rings. The summed E-state index contributed by atoms with van der Waals surface area (Å²) in [7, 11) is 0. The third kappa shape index (κ3) is 2.13. The van der Waals surface area contributed by atoms with E-state index in [1.165, 1.54) is 15.8 Å². The number of nitrogens with zero attached hydrogens (tertiary/aromatic N) is 2. The number of aromatic nitrogens is 2. The lowest BCUT2D eigenvalue weighted by atomic mass is 10.2. The second-order valence-electron chi connectivity index (χ2n) is 4.40. The number of hydrogen-bond acceptors (Lipinski definition) is 5. The van der Waals surface area contributed by atoms with Crippen LogP contribution in [0.1, 0.15) is 17.4 Å². The molecular weight excluding hydrogens is 274 g/mol. The van der Waals surface area contributed by atoms with Crippen LogP contribution in [0.4, 0.5) is 5.82 Å². The predicted molar refractivity (Wildman–Crippen MR) is 84.4 cm³/mol. The Bertz CT molecular complexity index is 714. The number of hydrogen-bond donors (Lipinski definition) is 1. The van der Waals surface area contributed by atoms with Crippen LogP contribution in [0.5, 0.6) is 0 Å². The lowest BCUT2D eigenvalue weighted by Gasteiger charge is -2.07. The summed E-state index contributed by atoms with van der Waals surface area (Å²) in [5.41, 5.74) is 2.38. The highest BCUT2D eigenvalue weighted by atomic mass is 32.1. The van der Waals surface area contributed by atoms with E-state index in [1.54, 1.807) is 22.7 Å². The van der Waals surface area contributed by atoms with Crippen molar-refractivity contribution >= 4 is 38.7 Å². The van der Waals surface area contributed by atoms with E-state index in [4.69, 9.17) is 9.97 Å². The second kappa shape index (κ2) is 4.90. The molecule has 0 amide bonds. The van der Waals surface area contributed by atoms with Crippen LogP contribution < -0.4 is 5.32 Å². The Morgan fingerprint density at radius 3 is 2.79 bits per heavy atom. The molecule has 1 N–H and O–H groups in total. The fourth-order valence-corrected chi connectivity index (χ4v) is 3.73. The van der Waals surface area contributed by atoms with Gasteiger partial charge in [0.25, 0.3) is 0 Å². The van der Waals surface area contributed by atoms with Gasteiger partial charge < -0.3 is 5.32 Å². The number of anilines is 1. The first kappa shape index (κ1) is 12.6. The van der Waals surface area contributed by atoms with Gasteiger partial charge in [-0.05, 0) is 37.8 Å². The van der Waals surface area contributed by atoms with Gasteiger partial charge in [0.2, 0.25) is 0 Å². The molecule has 0 aliphatic heterocycles. The van der Waals surface area contributed by atoms with E-state index in [1.807, 2.05) is 0 Å². The van der Waals surface area contributed by atoms with E-state index in [9.17, 15) is 0 Å². The van der Waals surface area contributed by atoms with E-state index in [2.05, 4.69) is 42.9 Å². The molecule has 5 heteroatoms. The number of nitrogens with one attached hydrogen (secondary N) is 1. The highest BCUT2D eigenvalue weighted by Gasteiger charge is 2.15. The molecular formula is C14H15N3S2. The van der Waals surface area contributed by atoms with Gasteiger partial charge in [-0.3, -0.25) is 0 Å². The number of fused-ring (bicyclic) bond motifs is 1. The van der Waals surface area contributed by atoms with Crippen molar-refractivity contribution in [1.29, 1.82) is 0 Å². The van der Waals surface area contributed by atoms with Crippen LogP contribution in [0, 0.1) is 13.8 Å². The molecule has 0 saturated heterocycles. The molecule has 0 aliphatic carbocycles. The van der Waals surface area contributed by atoms with Gasteiger partial charge in [0, 0.05) is 22.4 Å². The maximum absolute atomic E-state index is 4.72. The molecule has 0 radical (unpaired) electrons. The van der Waals surface area contributed by atoms with Gasteiger partial charge in [-0.15, -0.1) is 11.3 Å². The van der Waals surface area contributed by atoms with Gasteiger partial charge in [-0.25, -0.2) is 9.97 Å². The third-order valence-corrected chi connectivity index (χ3v) is 4.94. The van der Waals surface area contributed by atoms with Crippen molar-refractivity contribution in [2.75, 3.05) is 11.9 Å². The summed E-state index contributed by atoms with van der Waals surface area (Å²) in [5.74, 6) is 1.77. The molecule has 3 aromatic heterocycles. The number of rotatable bonds is 3. The van der Waals surface area contributed by atoms with Crippen molar-refractivity contribution in [3.63, 3.8) is 0 Å². The molecule has 98 valence electrons. The first-order valence-electron chi connectivity index (χ1n) is 6.25. The van der Waals surface area contributed by atoms with Crippen molar-refractivity contribution < 1.29 is 0 Å². The van der Waals surface area contributed by atoms with E-state index in [-0.39, 0.29) is 0 Å². The third-order valence-electron chi connectivity index (χ3n) is 3.15. The highest BCUT2D eigenvalue weighted by molar-refractivity contribution is 7.18. The Morgan fingerprint density at radius 2 is 2.11 bits per heavy atom. The first-order chi connectivity index (χ1) is 9.20. The largest absolute Gasteiger partial charge is 0.370 e. The van der Waals surface area contributed by atoms with Gasteiger partial charge in [0.15, 0.2) is 5.82 Å². The minimum absolute atomic E-state index is 0.811. The maximum Gasteiger partial charge on any atom is 0.163 e. The summed E-state index contributed by atoms with van der Waals surface area (Å²) >= 11 is 3.41. The fraction of sp³-hybridized carbons (Fsp3) is 0.286. The average Bonchev–Trinajstić information content (AvgIpc) is 2.99. The van der Waals surface area contributed by atoms with Gasteiger partial charge >= 0.3 is 0 Å². The molecule has 3 heterocycles. The Hall–Kier alpha value is -1.46.